The van der Waals surface area contributed by atoms with Crippen LogP contribution in [0.25, 0.3) is 5.69 Å². The summed E-state index contributed by atoms with van der Waals surface area (Å²) in [6.45, 7) is 2.21. The van der Waals surface area contributed by atoms with E-state index in [2.05, 4.69) is 0 Å². The predicted molar refractivity (Wildman–Crippen MR) is 91.2 cm³/mol. The highest BCUT2D eigenvalue weighted by atomic mass is 32.2. The fourth-order valence-corrected chi connectivity index (χ4v) is 4.84. The minimum absolute atomic E-state index is 0.00929. The van der Waals surface area contributed by atoms with Crippen molar-refractivity contribution in [2.45, 2.75) is 19.4 Å². The first-order valence-electron chi connectivity index (χ1n) is 7.89. The fraction of sp³-hybridized carbons (Fsp3) is 0.353. The van der Waals surface area contributed by atoms with Crippen LogP contribution in [0.15, 0.2) is 42.7 Å². The number of sulfone groups is 1. The van der Waals surface area contributed by atoms with Crippen LogP contribution in [-0.2, 0) is 9.84 Å². The zero-order valence-electron chi connectivity index (χ0n) is 13.4. The third-order valence-electron chi connectivity index (χ3n) is 4.36. The van der Waals surface area contributed by atoms with Crippen LogP contribution in [0.5, 0.6) is 5.75 Å². The maximum absolute atomic E-state index is 12.9. The van der Waals surface area contributed by atoms with Crippen LogP contribution in [0.3, 0.4) is 0 Å². The summed E-state index contributed by atoms with van der Waals surface area (Å²) < 4.78 is 25.3. The monoisotopic (exact) mass is 348 g/mol. The lowest BCUT2D eigenvalue weighted by Gasteiger charge is -2.27. The van der Waals surface area contributed by atoms with Gasteiger partial charge in [0.25, 0.3) is 5.91 Å². The maximum Gasteiger partial charge on any atom is 0.257 e. The molecule has 128 valence electrons. The third kappa shape index (κ3) is 3.17. The van der Waals surface area contributed by atoms with Crippen LogP contribution >= 0.6 is 0 Å². The second-order valence-electron chi connectivity index (χ2n) is 5.94. The average Bonchev–Trinajstić information content (AvgIpc) is 3.18. The number of hydrogen-bond acceptors (Lipinski definition) is 4. The number of aromatic hydroxyl groups is 1. The molecule has 1 atom stereocenters. The number of nitrogens with zero attached hydrogens (tertiary/aromatic N) is 2. The molecule has 1 saturated heterocycles. The van der Waals surface area contributed by atoms with Gasteiger partial charge in [-0.2, -0.15) is 0 Å². The van der Waals surface area contributed by atoms with Gasteiger partial charge in [-0.1, -0.05) is 0 Å². The molecule has 1 fully saturated rings. The van der Waals surface area contributed by atoms with Gasteiger partial charge in [-0.15, -0.1) is 0 Å². The second-order valence-corrected chi connectivity index (χ2v) is 8.17. The summed E-state index contributed by atoms with van der Waals surface area (Å²) in [6, 6.07) is 8.25. The third-order valence-corrected chi connectivity index (χ3v) is 6.11. The molecule has 0 aliphatic carbocycles. The Labute approximate surface area is 141 Å². The van der Waals surface area contributed by atoms with Crippen molar-refractivity contribution in [1.82, 2.24) is 9.47 Å². The lowest BCUT2D eigenvalue weighted by molar-refractivity contribution is 0.0705. The van der Waals surface area contributed by atoms with Crippen LogP contribution in [0.4, 0.5) is 0 Å². The highest BCUT2D eigenvalue weighted by Crippen LogP contribution is 2.26. The predicted octanol–water partition coefficient (Wildman–Crippen LogP) is 1.83. The summed E-state index contributed by atoms with van der Waals surface area (Å²) in [5.41, 5.74) is 0.948. The first kappa shape index (κ1) is 16.6. The number of phenols is 1. The standard InChI is InChI=1S/C17H20N2O4S/c1-2-19(14-7-10-24(22,23)12-14)17(21)15-11-13(5-6-16(15)20)18-8-3-4-9-18/h3-6,8-9,11,14,20H,2,7,10,12H2,1H3/t14-/m0/s1. The van der Waals surface area contributed by atoms with E-state index in [-0.39, 0.29) is 34.8 Å². The number of carbonyl (C=O) groups excluding carboxylic acids is 1. The number of carbonyl (C=O) groups is 1. The van der Waals surface area contributed by atoms with E-state index in [4.69, 9.17) is 0 Å². The number of hydrogen-bond donors (Lipinski definition) is 1. The normalized spacial score (nSPS) is 19.3. The van der Waals surface area contributed by atoms with Crippen molar-refractivity contribution in [2.75, 3.05) is 18.1 Å². The molecule has 1 aromatic heterocycles. The lowest BCUT2D eigenvalue weighted by Crippen LogP contribution is -2.41. The summed E-state index contributed by atoms with van der Waals surface area (Å²) >= 11 is 0. The van der Waals surface area contributed by atoms with Crippen LogP contribution < -0.4 is 0 Å². The molecule has 0 unspecified atom stereocenters. The molecular weight excluding hydrogens is 328 g/mol. The Bertz CT molecular complexity index is 843. The number of benzene rings is 1. The molecule has 3 rings (SSSR count). The van der Waals surface area contributed by atoms with Crippen LogP contribution in [0, 0.1) is 0 Å². The largest absolute Gasteiger partial charge is 0.507 e. The number of amides is 1. The minimum Gasteiger partial charge on any atom is -0.507 e. The summed E-state index contributed by atoms with van der Waals surface area (Å²) in [4.78, 5) is 14.4. The molecule has 6 nitrogen and oxygen atoms in total. The molecule has 0 radical (unpaired) electrons. The van der Waals surface area contributed by atoms with Gasteiger partial charge in [-0.25, -0.2) is 8.42 Å². The zero-order chi connectivity index (χ0) is 17.3. The number of rotatable bonds is 4. The van der Waals surface area contributed by atoms with E-state index >= 15 is 0 Å². The Balaban J connectivity index is 1.92. The molecule has 0 bridgehead atoms. The van der Waals surface area contributed by atoms with Gasteiger partial charge in [0.05, 0.1) is 17.1 Å². The number of phenolic OH excluding ortho intramolecular Hbond substituents is 1. The molecule has 1 aliphatic heterocycles. The van der Waals surface area contributed by atoms with Crippen molar-refractivity contribution >= 4 is 15.7 Å². The summed E-state index contributed by atoms with van der Waals surface area (Å²) in [6.07, 6.45) is 4.14. The molecule has 0 spiro atoms. The molecule has 1 aliphatic rings. The molecule has 24 heavy (non-hydrogen) atoms. The highest BCUT2D eigenvalue weighted by molar-refractivity contribution is 7.91. The molecule has 2 aromatic rings. The lowest BCUT2D eigenvalue weighted by atomic mass is 10.1. The first-order chi connectivity index (χ1) is 11.4. The maximum atomic E-state index is 12.9. The van der Waals surface area contributed by atoms with E-state index in [0.29, 0.717) is 13.0 Å². The van der Waals surface area contributed by atoms with Crippen molar-refractivity contribution in [2.24, 2.45) is 0 Å². The van der Waals surface area contributed by atoms with Gasteiger partial charge < -0.3 is 14.6 Å². The van der Waals surface area contributed by atoms with Crippen molar-refractivity contribution in [3.8, 4) is 11.4 Å². The Morgan fingerprint density at radius 1 is 1.33 bits per heavy atom. The molecule has 7 heteroatoms. The zero-order valence-corrected chi connectivity index (χ0v) is 14.2. The van der Waals surface area contributed by atoms with Crippen molar-refractivity contribution in [1.29, 1.82) is 0 Å². The van der Waals surface area contributed by atoms with Crippen molar-refractivity contribution < 1.29 is 18.3 Å². The topological polar surface area (TPSA) is 79.6 Å². The van der Waals surface area contributed by atoms with Gasteiger partial charge in [0.15, 0.2) is 9.84 Å². The van der Waals surface area contributed by atoms with E-state index in [1.165, 1.54) is 6.07 Å². The fourth-order valence-electron chi connectivity index (χ4n) is 3.11. The molecule has 0 saturated carbocycles. The summed E-state index contributed by atoms with van der Waals surface area (Å²) in [5.74, 6) is -0.345. The molecule has 1 amide bonds. The Morgan fingerprint density at radius 2 is 2.04 bits per heavy atom. The number of aromatic nitrogens is 1. The van der Waals surface area contributed by atoms with Crippen LogP contribution in [-0.4, -0.2) is 53.0 Å². The highest BCUT2D eigenvalue weighted by Gasteiger charge is 2.34. The minimum atomic E-state index is -3.08. The van der Waals surface area contributed by atoms with Crippen molar-refractivity contribution in [3.63, 3.8) is 0 Å². The Morgan fingerprint density at radius 3 is 2.62 bits per heavy atom. The van der Waals surface area contributed by atoms with E-state index in [9.17, 15) is 18.3 Å². The average molecular weight is 348 g/mol. The van der Waals surface area contributed by atoms with E-state index < -0.39 is 9.84 Å². The van der Waals surface area contributed by atoms with Gasteiger partial charge in [0.2, 0.25) is 0 Å². The Hall–Kier alpha value is -2.28. The summed E-state index contributed by atoms with van der Waals surface area (Å²) in [5, 5.41) is 10.1. The van der Waals surface area contributed by atoms with Crippen LogP contribution in [0.2, 0.25) is 0 Å². The molecular formula is C17H20N2O4S. The van der Waals surface area contributed by atoms with Gasteiger partial charge in [0.1, 0.15) is 5.75 Å². The van der Waals surface area contributed by atoms with Gasteiger partial charge in [-0.3, -0.25) is 4.79 Å². The smallest absolute Gasteiger partial charge is 0.257 e. The first-order valence-corrected chi connectivity index (χ1v) is 9.71. The van der Waals surface area contributed by atoms with Crippen molar-refractivity contribution in [3.05, 3.63) is 48.3 Å². The van der Waals surface area contributed by atoms with E-state index in [0.717, 1.165) is 5.69 Å². The van der Waals surface area contributed by atoms with E-state index in [1.807, 2.05) is 36.0 Å². The van der Waals surface area contributed by atoms with E-state index in [1.54, 1.807) is 17.0 Å². The second kappa shape index (κ2) is 6.32. The molecule has 1 aromatic carbocycles. The van der Waals surface area contributed by atoms with Gasteiger partial charge >= 0.3 is 0 Å². The quantitative estimate of drug-likeness (QED) is 0.914. The van der Waals surface area contributed by atoms with Gasteiger partial charge in [0, 0.05) is 30.7 Å². The van der Waals surface area contributed by atoms with Gasteiger partial charge in [-0.05, 0) is 43.7 Å². The molecule has 1 N–H and O–H groups in total. The molecule has 2 heterocycles. The Kier molecular flexibility index (Phi) is 4.36. The SMILES string of the molecule is CCN(C(=O)c1cc(-n2cccc2)ccc1O)[C@H]1CCS(=O)(=O)C1. The summed E-state index contributed by atoms with van der Waals surface area (Å²) in [7, 11) is -3.08. The van der Waals surface area contributed by atoms with Crippen LogP contribution in [0.1, 0.15) is 23.7 Å².